The van der Waals surface area contributed by atoms with Crippen molar-refractivity contribution in [1.29, 1.82) is 0 Å². The predicted octanol–water partition coefficient (Wildman–Crippen LogP) is 3.35. The Morgan fingerprint density at radius 3 is 2.64 bits per heavy atom. The first kappa shape index (κ1) is 18.5. The third-order valence-electron chi connectivity index (χ3n) is 4.83. The summed E-state index contributed by atoms with van der Waals surface area (Å²) < 4.78 is 32.9. The fraction of sp³-hybridized carbons (Fsp3) is 0.190. The Morgan fingerprint density at radius 2 is 1.93 bits per heavy atom. The lowest BCUT2D eigenvalue weighted by atomic mass is 10.1. The minimum absolute atomic E-state index is 0.0447. The van der Waals surface area contributed by atoms with Crippen molar-refractivity contribution < 1.29 is 17.6 Å². The molecule has 1 N–H and O–H groups in total. The van der Waals surface area contributed by atoms with Crippen LogP contribution in [0.15, 0.2) is 76.2 Å². The normalized spacial score (nSPS) is 16.2. The van der Waals surface area contributed by atoms with Crippen LogP contribution < -0.4 is 9.62 Å². The molecular formula is C21H20N2O4S. The average molecular weight is 396 g/mol. The van der Waals surface area contributed by atoms with Gasteiger partial charge in [-0.3, -0.25) is 4.79 Å². The molecule has 0 unspecified atom stereocenters. The summed E-state index contributed by atoms with van der Waals surface area (Å²) in [4.78, 5) is 14.8. The van der Waals surface area contributed by atoms with E-state index in [4.69, 9.17) is 4.42 Å². The fourth-order valence-electron chi connectivity index (χ4n) is 3.47. The highest BCUT2D eigenvalue weighted by atomic mass is 32.2. The van der Waals surface area contributed by atoms with E-state index in [-0.39, 0.29) is 23.4 Å². The number of nitrogens with zero attached hydrogens (tertiary/aromatic N) is 1. The zero-order valence-electron chi connectivity index (χ0n) is 15.3. The Hall–Kier alpha value is -2.90. The second-order valence-corrected chi connectivity index (χ2v) is 8.56. The Labute approximate surface area is 163 Å². The number of benzene rings is 2. The summed E-state index contributed by atoms with van der Waals surface area (Å²) in [5.74, 6) is 0.455. The van der Waals surface area contributed by atoms with Crippen LogP contribution in [-0.4, -0.2) is 20.4 Å². The maximum Gasteiger partial charge on any atom is 0.258 e. The molecule has 0 saturated heterocycles. The first-order valence-electron chi connectivity index (χ1n) is 8.99. The van der Waals surface area contributed by atoms with E-state index in [9.17, 15) is 13.2 Å². The van der Waals surface area contributed by atoms with Crippen molar-refractivity contribution in [2.75, 3.05) is 4.90 Å². The topological polar surface area (TPSA) is 79.6 Å². The Bertz CT molecular complexity index is 1090. The van der Waals surface area contributed by atoms with E-state index >= 15 is 0 Å². The summed E-state index contributed by atoms with van der Waals surface area (Å²) in [7, 11) is -3.68. The highest BCUT2D eigenvalue weighted by Crippen LogP contribution is 2.35. The van der Waals surface area contributed by atoms with Gasteiger partial charge in [0, 0.05) is 17.3 Å². The van der Waals surface area contributed by atoms with Crippen molar-refractivity contribution in [3.05, 3.63) is 83.8 Å². The van der Waals surface area contributed by atoms with E-state index in [0.717, 1.165) is 11.3 Å². The number of anilines is 1. The lowest BCUT2D eigenvalue weighted by Crippen LogP contribution is -2.35. The van der Waals surface area contributed by atoms with Gasteiger partial charge in [0.25, 0.3) is 5.91 Å². The van der Waals surface area contributed by atoms with E-state index < -0.39 is 10.0 Å². The van der Waals surface area contributed by atoms with Crippen molar-refractivity contribution in [2.45, 2.75) is 30.8 Å². The van der Waals surface area contributed by atoms with Crippen LogP contribution in [0.2, 0.25) is 0 Å². The second kappa shape index (κ2) is 7.26. The summed E-state index contributed by atoms with van der Waals surface area (Å²) in [5.41, 5.74) is 2.21. The zero-order chi connectivity index (χ0) is 19.7. The van der Waals surface area contributed by atoms with E-state index in [1.54, 1.807) is 41.3 Å². The smallest absolute Gasteiger partial charge is 0.258 e. The summed E-state index contributed by atoms with van der Waals surface area (Å²) in [5, 5.41) is 0. The van der Waals surface area contributed by atoms with Crippen molar-refractivity contribution in [2.24, 2.45) is 0 Å². The number of carbonyl (C=O) groups excluding carboxylic acids is 1. The highest BCUT2D eigenvalue weighted by molar-refractivity contribution is 7.89. The number of rotatable bonds is 5. The molecule has 0 bridgehead atoms. The van der Waals surface area contributed by atoms with Crippen molar-refractivity contribution in [3.63, 3.8) is 0 Å². The molecule has 1 aromatic heterocycles. The highest BCUT2D eigenvalue weighted by Gasteiger charge is 2.32. The number of hydrogen-bond donors (Lipinski definition) is 1. The lowest BCUT2D eigenvalue weighted by Gasteiger charge is -2.23. The molecule has 144 valence electrons. The largest absolute Gasteiger partial charge is 0.468 e. The number of hydrogen-bond acceptors (Lipinski definition) is 4. The molecule has 0 aliphatic carbocycles. The average Bonchev–Trinajstić information content (AvgIpc) is 3.33. The third-order valence-corrected chi connectivity index (χ3v) is 6.23. The van der Waals surface area contributed by atoms with E-state index in [1.807, 2.05) is 25.1 Å². The summed E-state index contributed by atoms with van der Waals surface area (Å²) in [6.07, 6.45) is 2.11. The van der Waals surface area contributed by atoms with Gasteiger partial charge in [-0.2, -0.15) is 0 Å². The molecule has 4 rings (SSSR count). The SMILES string of the molecule is C[C@@H]1Cc2cc(S(=O)(=O)NCc3ccco3)ccc2N1C(=O)c1ccccc1. The van der Waals surface area contributed by atoms with E-state index in [1.165, 1.54) is 12.3 Å². The van der Waals surface area contributed by atoms with E-state index in [0.29, 0.717) is 17.7 Å². The number of carbonyl (C=O) groups is 1. The number of fused-ring (bicyclic) bond motifs is 1. The standard InChI is InChI=1S/C21H20N2O4S/c1-15-12-17-13-19(28(25,26)22-14-18-8-5-11-27-18)9-10-20(17)23(15)21(24)16-6-3-2-4-7-16/h2-11,13,15,22H,12,14H2,1H3/t15-/m1/s1. The summed E-state index contributed by atoms with van der Waals surface area (Å²) >= 11 is 0. The van der Waals surface area contributed by atoms with Gasteiger partial charge in [0.1, 0.15) is 5.76 Å². The van der Waals surface area contributed by atoms with Gasteiger partial charge in [-0.15, -0.1) is 0 Å². The van der Waals surface area contributed by atoms with Crippen molar-refractivity contribution in [3.8, 4) is 0 Å². The molecule has 0 spiro atoms. The van der Waals surface area contributed by atoms with Gasteiger partial charge >= 0.3 is 0 Å². The minimum atomic E-state index is -3.68. The molecule has 7 heteroatoms. The predicted molar refractivity (Wildman–Crippen MR) is 106 cm³/mol. The maximum atomic E-state index is 12.9. The number of sulfonamides is 1. The van der Waals surface area contributed by atoms with Gasteiger partial charge in [0.2, 0.25) is 10.0 Å². The number of nitrogens with one attached hydrogen (secondary N) is 1. The summed E-state index contributed by atoms with van der Waals surface area (Å²) in [6, 6.07) is 17.3. The third kappa shape index (κ3) is 3.46. The van der Waals surface area contributed by atoms with Gasteiger partial charge in [-0.05, 0) is 61.4 Å². The number of amides is 1. The van der Waals surface area contributed by atoms with Crippen LogP contribution in [0.5, 0.6) is 0 Å². The fourth-order valence-corrected chi connectivity index (χ4v) is 4.51. The monoisotopic (exact) mass is 396 g/mol. The van der Waals surface area contributed by atoms with Gasteiger partial charge in [-0.25, -0.2) is 13.1 Å². The van der Waals surface area contributed by atoms with Crippen LogP contribution in [0, 0.1) is 0 Å². The van der Waals surface area contributed by atoms with Crippen LogP contribution in [0.1, 0.15) is 28.6 Å². The quantitative estimate of drug-likeness (QED) is 0.717. The van der Waals surface area contributed by atoms with E-state index in [2.05, 4.69) is 4.72 Å². The van der Waals surface area contributed by atoms with Crippen LogP contribution in [0.3, 0.4) is 0 Å². The van der Waals surface area contributed by atoms with Gasteiger partial charge in [0.15, 0.2) is 0 Å². The van der Waals surface area contributed by atoms with Gasteiger partial charge in [-0.1, -0.05) is 18.2 Å². The van der Waals surface area contributed by atoms with Crippen LogP contribution in [0.25, 0.3) is 0 Å². The molecule has 2 aromatic carbocycles. The molecule has 28 heavy (non-hydrogen) atoms. The Morgan fingerprint density at radius 1 is 1.14 bits per heavy atom. The zero-order valence-corrected chi connectivity index (χ0v) is 16.1. The molecule has 1 aliphatic heterocycles. The molecule has 2 heterocycles. The van der Waals surface area contributed by atoms with Crippen LogP contribution in [0.4, 0.5) is 5.69 Å². The molecule has 6 nitrogen and oxygen atoms in total. The molecule has 0 fully saturated rings. The second-order valence-electron chi connectivity index (χ2n) is 6.79. The number of furan rings is 1. The summed E-state index contributed by atoms with van der Waals surface area (Å²) in [6.45, 7) is 2.05. The van der Waals surface area contributed by atoms with Crippen molar-refractivity contribution in [1.82, 2.24) is 4.72 Å². The molecule has 0 radical (unpaired) electrons. The van der Waals surface area contributed by atoms with Crippen LogP contribution >= 0.6 is 0 Å². The van der Waals surface area contributed by atoms with Crippen LogP contribution in [-0.2, 0) is 23.0 Å². The van der Waals surface area contributed by atoms with Gasteiger partial charge in [0.05, 0.1) is 17.7 Å². The minimum Gasteiger partial charge on any atom is -0.468 e. The lowest BCUT2D eigenvalue weighted by molar-refractivity contribution is 0.0981. The van der Waals surface area contributed by atoms with Gasteiger partial charge < -0.3 is 9.32 Å². The maximum absolute atomic E-state index is 12.9. The first-order chi connectivity index (χ1) is 13.5. The molecular weight excluding hydrogens is 376 g/mol. The Balaban J connectivity index is 1.59. The molecule has 0 saturated carbocycles. The molecule has 1 aliphatic rings. The molecule has 1 amide bonds. The molecule has 3 aromatic rings. The Kier molecular flexibility index (Phi) is 4.78. The first-order valence-corrected chi connectivity index (χ1v) is 10.5. The molecule has 1 atom stereocenters. The van der Waals surface area contributed by atoms with Crippen molar-refractivity contribution >= 4 is 21.6 Å².